The van der Waals surface area contributed by atoms with Gasteiger partial charge in [-0.2, -0.15) is 0 Å². The highest BCUT2D eigenvalue weighted by Gasteiger charge is 2.14. The van der Waals surface area contributed by atoms with Gasteiger partial charge in [0.25, 0.3) is 0 Å². The van der Waals surface area contributed by atoms with Gasteiger partial charge < -0.3 is 20.1 Å². The van der Waals surface area contributed by atoms with Crippen molar-refractivity contribution in [2.75, 3.05) is 30.6 Å². The molecule has 0 saturated carbocycles. The summed E-state index contributed by atoms with van der Waals surface area (Å²) in [6.07, 6.45) is 0. The van der Waals surface area contributed by atoms with E-state index in [1.807, 2.05) is 25.1 Å². The Labute approximate surface area is 192 Å². The molecule has 1 heterocycles. The van der Waals surface area contributed by atoms with E-state index in [2.05, 4.69) is 20.8 Å². The summed E-state index contributed by atoms with van der Waals surface area (Å²) < 4.78 is 11.1. The third kappa shape index (κ3) is 5.69. The van der Waals surface area contributed by atoms with E-state index in [1.54, 1.807) is 12.1 Å². The number of methoxy groups -OCH3 is 2. The average Bonchev–Trinajstić information content (AvgIpc) is 3.17. The molecule has 0 bridgehead atoms. The van der Waals surface area contributed by atoms with Crippen LogP contribution in [-0.4, -0.2) is 36.1 Å². The Kier molecular flexibility index (Phi) is 7.65. The Morgan fingerprint density at radius 1 is 1.10 bits per heavy atom. The molecule has 0 atom stereocenters. The maximum absolute atomic E-state index is 12.4. The Balaban J connectivity index is 1.58. The number of halogens is 2. The monoisotopic (exact) mass is 484 g/mol. The third-order valence-corrected chi connectivity index (χ3v) is 6.58. The maximum Gasteiger partial charge on any atom is 0.234 e. The number of amides is 1. The summed E-state index contributed by atoms with van der Waals surface area (Å²) in [7, 11) is 3.01. The molecule has 3 aromatic rings. The zero-order valence-corrected chi connectivity index (χ0v) is 19.4. The molecule has 0 spiro atoms. The van der Waals surface area contributed by atoms with Gasteiger partial charge in [-0.15, -0.1) is 10.2 Å². The Hall–Kier alpha value is -2.20. The van der Waals surface area contributed by atoms with Crippen LogP contribution in [0, 0.1) is 6.92 Å². The van der Waals surface area contributed by atoms with E-state index in [0.717, 1.165) is 11.3 Å². The molecular weight excluding hydrogens is 467 g/mol. The van der Waals surface area contributed by atoms with Gasteiger partial charge in [0.15, 0.2) is 4.34 Å². The lowest BCUT2D eigenvalue weighted by Gasteiger charge is -2.12. The lowest BCUT2D eigenvalue weighted by molar-refractivity contribution is -0.113. The topological polar surface area (TPSA) is 85.4 Å². The molecule has 0 aliphatic carbocycles. The van der Waals surface area contributed by atoms with Crippen LogP contribution in [0.15, 0.2) is 34.7 Å². The van der Waals surface area contributed by atoms with Crippen LogP contribution < -0.4 is 20.1 Å². The summed E-state index contributed by atoms with van der Waals surface area (Å²) in [5.41, 5.74) is 2.28. The molecule has 30 heavy (non-hydrogen) atoms. The number of aryl methyl sites for hydroxylation is 1. The van der Waals surface area contributed by atoms with Crippen molar-refractivity contribution in [3.8, 4) is 11.5 Å². The van der Waals surface area contributed by atoms with Gasteiger partial charge in [0.1, 0.15) is 11.5 Å². The van der Waals surface area contributed by atoms with E-state index in [9.17, 15) is 4.79 Å². The summed E-state index contributed by atoms with van der Waals surface area (Å²) in [6.45, 7) is 1.94. The predicted molar refractivity (Wildman–Crippen MR) is 123 cm³/mol. The van der Waals surface area contributed by atoms with Gasteiger partial charge in [-0.1, -0.05) is 52.4 Å². The minimum atomic E-state index is -0.227. The van der Waals surface area contributed by atoms with Crippen molar-refractivity contribution >= 4 is 68.7 Å². The number of rotatable bonds is 8. The first-order chi connectivity index (χ1) is 14.4. The van der Waals surface area contributed by atoms with E-state index in [1.165, 1.54) is 37.3 Å². The minimum absolute atomic E-state index is 0.151. The minimum Gasteiger partial charge on any atom is -0.495 e. The van der Waals surface area contributed by atoms with Crippen molar-refractivity contribution in [2.24, 2.45) is 0 Å². The fourth-order valence-electron chi connectivity index (χ4n) is 2.38. The van der Waals surface area contributed by atoms with Crippen LogP contribution in [-0.2, 0) is 4.79 Å². The highest BCUT2D eigenvalue weighted by molar-refractivity contribution is 8.01. The van der Waals surface area contributed by atoms with Gasteiger partial charge in [0.05, 0.1) is 30.7 Å². The molecular formula is C19H18Cl2N4O3S2. The molecule has 0 saturated heterocycles. The normalized spacial score (nSPS) is 10.6. The highest BCUT2D eigenvalue weighted by atomic mass is 35.5. The molecule has 0 aliphatic rings. The van der Waals surface area contributed by atoms with Crippen molar-refractivity contribution < 1.29 is 14.3 Å². The van der Waals surface area contributed by atoms with Gasteiger partial charge in [0, 0.05) is 16.8 Å². The summed E-state index contributed by atoms with van der Waals surface area (Å²) in [5, 5.41) is 15.8. The van der Waals surface area contributed by atoms with Gasteiger partial charge >= 0.3 is 0 Å². The molecule has 0 fully saturated rings. The van der Waals surface area contributed by atoms with Gasteiger partial charge in [-0.05, 0) is 30.7 Å². The van der Waals surface area contributed by atoms with Crippen LogP contribution >= 0.6 is 46.3 Å². The number of nitrogens with zero attached hydrogens (tertiary/aromatic N) is 2. The number of carbonyl (C=O) groups is 1. The molecule has 2 aromatic carbocycles. The third-order valence-electron chi connectivity index (χ3n) is 3.90. The largest absolute Gasteiger partial charge is 0.495 e. The number of hydrogen-bond donors (Lipinski definition) is 2. The first-order valence-electron chi connectivity index (χ1n) is 8.60. The number of hydrogen-bond acceptors (Lipinski definition) is 8. The molecule has 7 nitrogen and oxygen atoms in total. The molecule has 0 unspecified atom stereocenters. The van der Waals surface area contributed by atoms with Crippen molar-refractivity contribution in [3.63, 3.8) is 0 Å². The second kappa shape index (κ2) is 10.2. The van der Waals surface area contributed by atoms with E-state index in [-0.39, 0.29) is 11.7 Å². The smallest absolute Gasteiger partial charge is 0.234 e. The Morgan fingerprint density at radius 3 is 2.57 bits per heavy atom. The first-order valence-corrected chi connectivity index (χ1v) is 11.2. The second-order valence-electron chi connectivity index (χ2n) is 5.99. The van der Waals surface area contributed by atoms with E-state index < -0.39 is 0 Å². The summed E-state index contributed by atoms with van der Waals surface area (Å²) in [4.78, 5) is 12.4. The standard InChI is InChI=1S/C19H18Cl2N4O3S2/c1-10-4-5-11(6-12(10)20)22-18-24-25-19(30-18)29-9-17(26)23-14-7-13(21)15(27-2)8-16(14)28-3/h4-8H,9H2,1-3H3,(H,22,24)(H,23,26). The van der Waals surface area contributed by atoms with Crippen LogP contribution in [0.5, 0.6) is 11.5 Å². The molecule has 3 rings (SSSR count). The van der Waals surface area contributed by atoms with Gasteiger partial charge in [-0.25, -0.2) is 0 Å². The molecule has 2 N–H and O–H groups in total. The molecule has 0 aliphatic heterocycles. The fraction of sp³-hybridized carbons (Fsp3) is 0.211. The average molecular weight is 485 g/mol. The first kappa shape index (κ1) is 22.5. The van der Waals surface area contributed by atoms with E-state index >= 15 is 0 Å². The number of thioether (sulfide) groups is 1. The molecule has 11 heteroatoms. The van der Waals surface area contributed by atoms with Crippen LogP contribution in [0.4, 0.5) is 16.5 Å². The van der Waals surface area contributed by atoms with E-state index in [4.69, 9.17) is 32.7 Å². The van der Waals surface area contributed by atoms with Crippen molar-refractivity contribution in [1.82, 2.24) is 10.2 Å². The zero-order chi connectivity index (χ0) is 21.7. The summed E-state index contributed by atoms with van der Waals surface area (Å²) >= 11 is 14.9. The van der Waals surface area contributed by atoms with E-state index in [0.29, 0.717) is 36.7 Å². The van der Waals surface area contributed by atoms with Crippen LogP contribution in [0.2, 0.25) is 10.0 Å². The quantitative estimate of drug-likeness (QED) is 0.399. The van der Waals surface area contributed by atoms with Gasteiger partial charge in [-0.3, -0.25) is 4.79 Å². The van der Waals surface area contributed by atoms with Crippen molar-refractivity contribution in [2.45, 2.75) is 11.3 Å². The number of anilines is 3. The highest BCUT2D eigenvalue weighted by Crippen LogP contribution is 2.36. The molecule has 158 valence electrons. The number of benzene rings is 2. The SMILES string of the molecule is COc1cc(OC)c(NC(=O)CSc2nnc(Nc3ccc(C)c(Cl)c3)s2)cc1Cl. The zero-order valence-electron chi connectivity index (χ0n) is 16.3. The van der Waals surface area contributed by atoms with Crippen LogP contribution in [0.1, 0.15) is 5.56 Å². The van der Waals surface area contributed by atoms with Crippen LogP contribution in [0.3, 0.4) is 0 Å². The predicted octanol–water partition coefficient (Wildman–Crippen LogP) is 5.64. The molecule has 1 aromatic heterocycles. The lowest BCUT2D eigenvalue weighted by Crippen LogP contribution is -2.14. The Morgan fingerprint density at radius 2 is 1.87 bits per heavy atom. The number of nitrogens with one attached hydrogen (secondary N) is 2. The number of carbonyl (C=O) groups excluding carboxylic acids is 1. The van der Waals surface area contributed by atoms with Crippen molar-refractivity contribution in [3.05, 3.63) is 45.9 Å². The summed E-state index contributed by atoms with van der Waals surface area (Å²) in [6, 6.07) is 8.86. The maximum atomic E-state index is 12.4. The van der Waals surface area contributed by atoms with Gasteiger partial charge in [0.2, 0.25) is 11.0 Å². The molecule has 1 amide bonds. The fourth-order valence-corrected chi connectivity index (χ4v) is 4.38. The number of ether oxygens (including phenoxy) is 2. The Bertz CT molecular complexity index is 1060. The number of aromatic nitrogens is 2. The van der Waals surface area contributed by atoms with Crippen LogP contribution in [0.25, 0.3) is 0 Å². The van der Waals surface area contributed by atoms with Crippen molar-refractivity contribution in [1.29, 1.82) is 0 Å². The molecule has 0 radical (unpaired) electrons. The summed E-state index contributed by atoms with van der Waals surface area (Å²) in [5.74, 6) is 0.839. The lowest BCUT2D eigenvalue weighted by atomic mass is 10.2. The second-order valence-corrected chi connectivity index (χ2v) is 9.00.